The van der Waals surface area contributed by atoms with Crippen molar-refractivity contribution in [3.63, 3.8) is 0 Å². The van der Waals surface area contributed by atoms with E-state index in [0.29, 0.717) is 0 Å². The summed E-state index contributed by atoms with van der Waals surface area (Å²) >= 11 is 2.31. The van der Waals surface area contributed by atoms with Crippen molar-refractivity contribution in [2.75, 3.05) is 13.6 Å². The molecule has 0 aromatic carbocycles. The fraction of sp³-hybridized carbons (Fsp3) is 1.00. The summed E-state index contributed by atoms with van der Waals surface area (Å²) in [5, 5.41) is 0. The van der Waals surface area contributed by atoms with Crippen LogP contribution in [0.2, 0.25) is 0 Å². The molecule has 66 valence electrons. The van der Waals surface area contributed by atoms with E-state index in [1.165, 1.54) is 32.1 Å². The van der Waals surface area contributed by atoms with E-state index in [1.54, 1.807) is 0 Å². The molecule has 2 N–H and O–H groups in total. The smallest absolute Gasteiger partial charge is 0.0291 e. The molecule has 0 radical (unpaired) electrons. The predicted molar refractivity (Wildman–Crippen MR) is 56.7 cm³/mol. The molecule has 1 saturated carbocycles. The van der Waals surface area contributed by atoms with E-state index in [9.17, 15) is 0 Å². The third-order valence-electron chi connectivity index (χ3n) is 2.38. The van der Waals surface area contributed by atoms with Gasteiger partial charge in [-0.25, -0.2) is 3.11 Å². The van der Waals surface area contributed by atoms with Crippen LogP contribution in [0, 0.1) is 0 Å². The van der Waals surface area contributed by atoms with E-state index in [2.05, 4.69) is 33.0 Å². The van der Waals surface area contributed by atoms with E-state index in [0.717, 1.165) is 6.54 Å². The minimum atomic E-state index is 0.119. The molecule has 1 aliphatic rings. The van der Waals surface area contributed by atoms with Gasteiger partial charge in [-0.1, -0.05) is 19.3 Å². The molecule has 0 aromatic rings. The standard InChI is InChI=1S/C8H17IN2/c1-11(9)7-8(10)5-3-2-4-6-8/h2-7,10H2,1H3. The molecule has 0 amide bonds. The van der Waals surface area contributed by atoms with Crippen LogP contribution < -0.4 is 5.73 Å². The van der Waals surface area contributed by atoms with Gasteiger partial charge in [-0.3, -0.25) is 0 Å². The van der Waals surface area contributed by atoms with Gasteiger partial charge in [0, 0.05) is 34.9 Å². The van der Waals surface area contributed by atoms with Crippen molar-refractivity contribution in [3.8, 4) is 0 Å². The number of hydrogen-bond donors (Lipinski definition) is 1. The van der Waals surface area contributed by atoms with Crippen molar-refractivity contribution in [3.05, 3.63) is 0 Å². The lowest BCUT2D eigenvalue weighted by Gasteiger charge is -2.34. The van der Waals surface area contributed by atoms with Crippen molar-refractivity contribution in [2.24, 2.45) is 5.73 Å². The summed E-state index contributed by atoms with van der Waals surface area (Å²) in [6.45, 7) is 1.04. The minimum Gasteiger partial charge on any atom is -0.324 e. The maximum Gasteiger partial charge on any atom is 0.0291 e. The number of rotatable bonds is 2. The van der Waals surface area contributed by atoms with Gasteiger partial charge in [-0.05, 0) is 19.9 Å². The lowest BCUT2D eigenvalue weighted by molar-refractivity contribution is 0.264. The van der Waals surface area contributed by atoms with Gasteiger partial charge in [0.2, 0.25) is 0 Å². The van der Waals surface area contributed by atoms with Crippen LogP contribution in [0.5, 0.6) is 0 Å². The molecule has 0 bridgehead atoms. The lowest BCUT2D eigenvalue weighted by Crippen LogP contribution is -2.48. The van der Waals surface area contributed by atoms with Gasteiger partial charge in [-0.2, -0.15) is 0 Å². The number of nitrogens with zero attached hydrogens (tertiary/aromatic N) is 1. The average Bonchev–Trinajstić information content (AvgIpc) is 1.85. The summed E-state index contributed by atoms with van der Waals surface area (Å²) < 4.78 is 2.17. The zero-order valence-electron chi connectivity index (χ0n) is 7.15. The molecule has 0 saturated heterocycles. The quantitative estimate of drug-likeness (QED) is 0.612. The first-order chi connectivity index (χ1) is 5.12. The van der Waals surface area contributed by atoms with E-state index >= 15 is 0 Å². The first kappa shape index (κ1) is 9.74. The largest absolute Gasteiger partial charge is 0.324 e. The Kier molecular flexibility index (Phi) is 3.58. The Morgan fingerprint density at radius 1 is 1.36 bits per heavy atom. The van der Waals surface area contributed by atoms with Gasteiger partial charge in [0.15, 0.2) is 0 Å². The topological polar surface area (TPSA) is 29.3 Å². The first-order valence-electron chi connectivity index (χ1n) is 4.28. The fourth-order valence-corrected chi connectivity index (χ4v) is 2.53. The molecule has 0 spiro atoms. The van der Waals surface area contributed by atoms with Gasteiger partial charge in [0.1, 0.15) is 0 Å². The third kappa shape index (κ3) is 3.25. The van der Waals surface area contributed by atoms with E-state index < -0.39 is 0 Å². The molecule has 3 heteroatoms. The van der Waals surface area contributed by atoms with E-state index in [4.69, 9.17) is 5.73 Å². The van der Waals surface area contributed by atoms with E-state index in [1.807, 2.05) is 0 Å². The molecule has 0 aliphatic heterocycles. The molecular weight excluding hydrogens is 251 g/mol. The van der Waals surface area contributed by atoms with Gasteiger partial charge in [0.25, 0.3) is 0 Å². The summed E-state index contributed by atoms with van der Waals surface area (Å²) in [5.41, 5.74) is 6.33. The number of hydrogen-bond acceptors (Lipinski definition) is 2. The van der Waals surface area contributed by atoms with Crippen LogP contribution in [0.3, 0.4) is 0 Å². The lowest BCUT2D eigenvalue weighted by atomic mass is 9.83. The van der Waals surface area contributed by atoms with Crippen LogP contribution in [-0.2, 0) is 0 Å². The molecular formula is C8H17IN2. The number of nitrogens with two attached hydrogens (primary N) is 1. The van der Waals surface area contributed by atoms with Crippen molar-refractivity contribution in [1.29, 1.82) is 0 Å². The number of likely N-dealkylation sites (N-methyl/N-ethyl adjacent to an activating group) is 1. The molecule has 1 rings (SSSR count). The monoisotopic (exact) mass is 268 g/mol. The third-order valence-corrected chi connectivity index (χ3v) is 2.72. The molecule has 1 fully saturated rings. The Morgan fingerprint density at radius 3 is 2.36 bits per heavy atom. The Hall–Kier alpha value is 0.650. The Labute approximate surface area is 83.0 Å². The summed E-state index contributed by atoms with van der Waals surface area (Å²) in [6.07, 6.45) is 6.44. The first-order valence-corrected chi connectivity index (χ1v) is 5.25. The molecule has 0 atom stereocenters. The summed E-state index contributed by atoms with van der Waals surface area (Å²) in [6, 6.07) is 0. The van der Waals surface area contributed by atoms with Crippen molar-refractivity contribution in [2.45, 2.75) is 37.6 Å². The summed E-state index contributed by atoms with van der Waals surface area (Å²) in [7, 11) is 2.09. The molecule has 0 unspecified atom stereocenters. The highest BCUT2D eigenvalue weighted by atomic mass is 127. The second kappa shape index (κ2) is 4.05. The maximum absolute atomic E-state index is 6.21. The Balaban J connectivity index is 2.37. The van der Waals surface area contributed by atoms with Crippen molar-refractivity contribution < 1.29 is 0 Å². The average molecular weight is 268 g/mol. The molecule has 0 heterocycles. The van der Waals surface area contributed by atoms with Gasteiger partial charge >= 0.3 is 0 Å². The fourth-order valence-electron chi connectivity index (χ4n) is 1.85. The molecule has 2 nitrogen and oxygen atoms in total. The minimum absolute atomic E-state index is 0.119. The Bertz CT molecular complexity index is 119. The highest BCUT2D eigenvalue weighted by molar-refractivity contribution is 14.1. The van der Waals surface area contributed by atoms with Gasteiger partial charge in [0.05, 0.1) is 0 Å². The van der Waals surface area contributed by atoms with Gasteiger partial charge in [-0.15, -0.1) is 0 Å². The van der Waals surface area contributed by atoms with E-state index in [-0.39, 0.29) is 5.54 Å². The van der Waals surface area contributed by atoms with Gasteiger partial charge < -0.3 is 5.73 Å². The number of halogens is 1. The molecule has 0 aromatic heterocycles. The zero-order valence-corrected chi connectivity index (χ0v) is 9.30. The van der Waals surface area contributed by atoms with Crippen LogP contribution in [-0.4, -0.2) is 22.2 Å². The van der Waals surface area contributed by atoms with Crippen molar-refractivity contribution >= 4 is 22.9 Å². The Morgan fingerprint density at radius 2 is 1.91 bits per heavy atom. The van der Waals surface area contributed by atoms with Crippen LogP contribution >= 0.6 is 22.9 Å². The normalized spacial score (nSPS) is 24.0. The second-order valence-corrected chi connectivity index (χ2v) is 5.33. The van der Waals surface area contributed by atoms with Crippen LogP contribution in [0.15, 0.2) is 0 Å². The highest BCUT2D eigenvalue weighted by Gasteiger charge is 2.27. The highest BCUT2D eigenvalue weighted by Crippen LogP contribution is 2.26. The molecule has 1 aliphatic carbocycles. The second-order valence-electron chi connectivity index (χ2n) is 3.69. The van der Waals surface area contributed by atoms with Crippen LogP contribution in [0.4, 0.5) is 0 Å². The predicted octanol–water partition coefficient (Wildman–Crippen LogP) is 1.93. The summed E-state index contributed by atoms with van der Waals surface area (Å²) in [5.74, 6) is 0. The SMILES string of the molecule is CN(I)CC1(N)CCCCC1. The zero-order chi connectivity index (χ0) is 8.32. The molecule has 11 heavy (non-hydrogen) atoms. The van der Waals surface area contributed by atoms with Crippen molar-refractivity contribution in [1.82, 2.24) is 3.11 Å². The van der Waals surface area contributed by atoms with Crippen LogP contribution in [0.25, 0.3) is 0 Å². The summed E-state index contributed by atoms with van der Waals surface area (Å²) in [4.78, 5) is 0. The maximum atomic E-state index is 6.21. The van der Waals surface area contributed by atoms with Crippen LogP contribution in [0.1, 0.15) is 32.1 Å².